The summed E-state index contributed by atoms with van der Waals surface area (Å²) in [6.45, 7) is 7.46. The van der Waals surface area contributed by atoms with Gasteiger partial charge in [-0.25, -0.2) is 4.98 Å². The molecule has 1 aromatic heterocycles. The number of aliphatic carboxylic acids is 1. The first-order chi connectivity index (χ1) is 9.64. The monoisotopic (exact) mass is 295 g/mol. The van der Waals surface area contributed by atoms with Crippen LogP contribution in [0, 0.1) is 5.95 Å². The van der Waals surface area contributed by atoms with E-state index in [1.807, 2.05) is 27.7 Å². The first-order valence-electron chi connectivity index (χ1n) is 6.82. The van der Waals surface area contributed by atoms with Gasteiger partial charge in [0.1, 0.15) is 0 Å². The molecule has 0 spiro atoms. The predicted octanol–water partition coefficient (Wildman–Crippen LogP) is 2.41. The number of aromatic nitrogens is 1. The molecule has 0 aliphatic carbocycles. The molecule has 1 unspecified atom stereocenters. The van der Waals surface area contributed by atoms with Crippen LogP contribution >= 0.6 is 0 Å². The van der Waals surface area contributed by atoms with Crippen LogP contribution in [0.25, 0.3) is 0 Å². The second-order valence-corrected chi connectivity index (χ2v) is 6.21. The molecule has 1 saturated heterocycles. The van der Waals surface area contributed by atoms with E-state index in [0.29, 0.717) is 0 Å². The highest BCUT2D eigenvalue weighted by Gasteiger charge is 2.54. The SMILES string of the molecule is CC1(C)OB(C(CC(=O)O)c2cccnc2F)OC1(C)C. The summed E-state index contributed by atoms with van der Waals surface area (Å²) in [7, 11) is -0.829. The van der Waals surface area contributed by atoms with Crippen molar-refractivity contribution in [3.05, 3.63) is 29.8 Å². The summed E-state index contributed by atoms with van der Waals surface area (Å²) in [5, 5.41) is 9.10. The van der Waals surface area contributed by atoms with Crippen molar-refractivity contribution in [2.24, 2.45) is 0 Å². The lowest BCUT2D eigenvalue weighted by Gasteiger charge is -2.32. The Bertz CT molecular complexity index is 534. The number of carbonyl (C=O) groups is 1. The molecule has 0 aromatic carbocycles. The lowest BCUT2D eigenvalue weighted by atomic mass is 9.66. The average molecular weight is 295 g/mol. The minimum atomic E-state index is -1.04. The fourth-order valence-electron chi connectivity index (χ4n) is 2.27. The Balaban J connectivity index is 2.35. The van der Waals surface area contributed by atoms with Crippen molar-refractivity contribution in [2.45, 2.75) is 51.1 Å². The topological polar surface area (TPSA) is 68.7 Å². The third kappa shape index (κ3) is 3.08. The van der Waals surface area contributed by atoms with Crippen LogP contribution < -0.4 is 0 Å². The van der Waals surface area contributed by atoms with Crippen molar-refractivity contribution < 1.29 is 23.6 Å². The third-order valence-electron chi connectivity index (χ3n) is 4.18. The average Bonchev–Trinajstić information content (AvgIpc) is 2.56. The summed E-state index contributed by atoms with van der Waals surface area (Å²) in [5.41, 5.74) is -1.02. The number of hydrogen-bond donors (Lipinski definition) is 1. The molecule has 7 heteroatoms. The molecule has 1 aliphatic rings. The number of carboxylic acids is 1. The quantitative estimate of drug-likeness (QED) is 0.682. The van der Waals surface area contributed by atoms with E-state index < -0.39 is 36.1 Å². The molecule has 1 N–H and O–H groups in total. The van der Waals surface area contributed by atoms with Gasteiger partial charge < -0.3 is 14.4 Å². The Hall–Kier alpha value is -1.47. The van der Waals surface area contributed by atoms with E-state index in [2.05, 4.69) is 4.98 Å². The summed E-state index contributed by atoms with van der Waals surface area (Å²) in [6.07, 6.45) is 1.03. The zero-order valence-corrected chi connectivity index (χ0v) is 12.6. The zero-order chi connectivity index (χ0) is 15.8. The van der Waals surface area contributed by atoms with E-state index in [1.54, 1.807) is 6.07 Å². The minimum absolute atomic E-state index is 0.193. The number of rotatable bonds is 4. The smallest absolute Gasteiger partial charge is 0.466 e. The van der Waals surface area contributed by atoms with Crippen molar-refractivity contribution in [1.82, 2.24) is 4.98 Å². The summed E-state index contributed by atoms with van der Waals surface area (Å²) >= 11 is 0. The fourth-order valence-corrected chi connectivity index (χ4v) is 2.27. The molecule has 21 heavy (non-hydrogen) atoms. The molecule has 1 fully saturated rings. The van der Waals surface area contributed by atoms with E-state index in [0.717, 1.165) is 0 Å². The second-order valence-electron chi connectivity index (χ2n) is 6.21. The normalized spacial score (nSPS) is 21.3. The maximum absolute atomic E-state index is 13.9. The Morgan fingerprint density at radius 3 is 2.43 bits per heavy atom. The van der Waals surface area contributed by atoms with E-state index in [4.69, 9.17) is 14.4 Å². The Morgan fingerprint density at radius 2 is 1.95 bits per heavy atom. The van der Waals surface area contributed by atoms with Gasteiger partial charge in [0.25, 0.3) is 0 Å². The highest BCUT2D eigenvalue weighted by Crippen LogP contribution is 2.41. The highest BCUT2D eigenvalue weighted by atomic mass is 19.1. The molecule has 2 heterocycles. The van der Waals surface area contributed by atoms with Crippen LogP contribution in [-0.2, 0) is 14.1 Å². The van der Waals surface area contributed by atoms with Crippen LogP contribution in [0.3, 0.4) is 0 Å². The molecular weight excluding hydrogens is 276 g/mol. The lowest BCUT2D eigenvalue weighted by Crippen LogP contribution is -2.41. The Labute approximate surface area is 123 Å². The number of nitrogens with zero attached hydrogens (tertiary/aromatic N) is 1. The molecule has 114 valence electrons. The van der Waals surface area contributed by atoms with Crippen LogP contribution in [0.15, 0.2) is 18.3 Å². The Morgan fingerprint density at radius 1 is 1.38 bits per heavy atom. The van der Waals surface area contributed by atoms with Crippen molar-refractivity contribution in [2.75, 3.05) is 0 Å². The molecular formula is C14H19BFNO4. The van der Waals surface area contributed by atoms with Crippen LogP contribution in [0.4, 0.5) is 4.39 Å². The van der Waals surface area contributed by atoms with Crippen LogP contribution in [0.1, 0.15) is 45.5 Å². The van der Waals surface area contributed by atoms with Crippen LogP contribution in [0.2, 0.25) is 0 Å². The summed E-state index contributed by atoms with van der Waals surface area (Å²) in [5.74, 6) is -2.49. The Kier molecular flexibility index (Phi) is 4.08. The fraction of sp³-hybridized carbons (Fsp3) is 0.571. The van der Waals surface area contributed by atoms with Gasteiger partial charge in [0.2, 0.25) is 5.95 Å². The molecule has 2 rings (SSSR count). The summed E-state index contributed by atoms with van der Waals surface area (Å²) < 4.78 is 25.6. The van der Waals surface area contributed by atoms with Gasteiger partial charge in [-0.05, 0) is 33.8 Å². The van der Waals surface area contributed by atoms with E-state index in [-0.39, 0.29) is 12.0 Å². The van der Waals surface area contributed by atoms with Gasteiger partial charge in [-0.2, -0.15) is 4.39 Å². The molecule has 0 radical (unpaired) electrons. The molecule has 0 amide bonds. The lowest BCUT2D eigenvalue weighted by molar-refractivity contribution is -0.137. The second kappa shape index (κ2) is 5.38. The van der Waals surface area contributed by atoms with Gasteiger partial charge in [-0.15, -0.1) is 0 Å². The summed E-state index contributed by atoms with van der Waals surface area (Å²) in [6, 6.07) is 3.08. The van der Waals surface area contributed by atoms with Gasteiger partial charge in [-0.1, -0.05) is 6.07 Å². The zero-order valence-electron chi connectivity index (χ0n) is 12.6. The number of halogens is 1. The van der Waals surface area contributed by atoms with Gasteiger partial charge in [0.05, 0.1) is 17.6 Å². The minimum Gasteiger partial charge on any atom is -0.481 e. The molecule has 0 bridgehead atoms. The van der Waals surface area contributed by atoms with Gasteiger partial charge in [0.15, 0.2) is 0 Å². The van der Waals surface area contributed by atoms with Gasteiger partial charge in [0, 0.05) is 17.6 Å². The molecule has 1 aliphatic heterocycles. The maximum Gasteiger partial charge on any atom is 0.466 e. The highest BCUT2D eigenvalue weighted by molar-refractivity contribution is 6.48. The number of pyridine rings is 1. The standard InChI is InChI=1S/C14H19BFNO4/c1-13(2)14(3,4)21-15(20-13)10(8-11(18)19)9-6-5-7-17-12(9)16/h5-7,10H,8H2,1-4H3,(H,18,19). The van der Waals surface area contributed by atoms with E-state index in [9.17, 15) is 9.18 Å². The van der Waals surface area contributed by atoms with Crippen molar-refractivity contribution in [1.29, 1.82) is 0 Å². The largest absolute Gasteiger partial charge is 0.481 e. The van der Waals surface area contributed by atoms with Gasteiger partial charge in [-0.3, -0.25) is 4.79 Å². The molecule has 5 nitrogen and oxygen atoms in total. The molecule has 0 saturated carbocycles. The summed E-state index contributed by atoms with van der Waals surface area (Å²) in [4.78, 5) is 14.7. The molecule has 1 aromatic rings. The maximum atomic E-state index is 13.9. The van der Waals surface area contributed by atoms with Crippen molar-refractivity contribution >= 4 is 13.1 Å². The van der Waals surface area contributed by atoms with E-state index >= 15 is 0 Å². The molecule has 1 atom stereocenters. The number of carboxylic acid groups (broad SMARTS) is 1. The first kappa shape index (κ1) is 15.9. The number of hydrogen-bond acceptors (Lipinski definition) is 4. The first-order valence-corrected chi connectivity index (χ1v) is 6.82. The van der Waals surface area contributed by atoms with Crippen molar-refractivity contribution in [3.63, 3.8) is 0 Å². The van der Waals surface area contributed by atoms with Crippen LogP contribution in [-0.4, -0.2) is 34.4 Å². The van der Waals surface area contributed by atoms with Crippen LogP contribution in [0.5, 0.6) is 0 Å². The van der Waals surface area contributed by atoms with Gasteiger partial charge >= 0.3 is 13.1 Å². The third-order valence-corrected chi connectivity index (χ3v) is 4.18. The predicted molar refractivity (Wildman–Crippen MR) is 75.3 cm³/mol. The van der Waals surface area contributed by atoms with Crippen molar-refractivity contribution in [3.8, 4) is 0 Å². The van der Waals surface area contributed by atoms with E-state index in [1.165, 1.54) is 12.3 Å².